The van der Waals surface area contributed by atoms with E-state index in [9.17, 15) is 0 Å². The Morgan fingerprint density at radius 2 is 0.500 bits per heavy atom. The second kappa shape index (κ2) is 52.4. The van der Waals surface area contributed by atoms with Gasteiger partial charge in [-0.25, -0.2) is 0 Å². The van der Waals surface area contributed by atoms with Crippen molar-refractivity contribution in [2.24, 2.45) is 0 Å². The van der Waals surface area contributed by atoms with Crippen LogP contribution in [0.3, 0.4) is 0 Å². The van der Waals surface area contributed by atoms with Gasteiger partial charge in [0.15, 0.2) is 0 Å². The van der Waals surface area contributed by atoms with Gasteiger partial charge in [-0.1, -0.05) is 25.2 Å². The maximum Gasteiger partial charge on any atom is 0 e. The molecule has 0 spiro atoms. The minimum absolute atomic E-state index is 0. The molecule has 0 N–H and O–H groups in total. The van der Waals surface area contributed by atoms with Gasteiger partial charge in [-0.05, 0) is 0 Å². The van der Waals surface area contributed by atoms with E-state index in [1.807, 2.05) is 0 Å². The molecule has 27 valence electrons. The summed E-state index contributed by atoms with van der Waals surface area (Å²) in [7, 11) is 0. The van der Waals surface area contributed by atoms with E-state index in [1.165, 1.54) is 0 Å². The first kappa shape index (κ1) is 124. The summed E-state index contributed by atoms with van der Waals surface area (Å²) < 4.78 is 0. The third kappa shape index (κ3) is 15.4. The van der Waals surface area contributed by atoms with E-state index in [4.69, 9.17) is 0 Å². The van der Waals surface area contributed by atoms with E-state index in [2.05, 4.69) is 0 Å². The zero-order valence-corrected chi connectivity index (χ0v) is 1.73. The molecule has 4 heavy (non-hydrogen) atoms. The standard InChI is InChI=1S/Al.3BH4/h;3*1H4/q;3*-1. The Kier molecular flexibility index (Phi) is 1630. The quantitative estimate of drug-likeness (QED) is 0.252. The topological polar surface area (TPSA) is 0 Å². The molecule has 0 aliphatic rings. The fourth-order valence-electron chi connectivity index (χ4n) is 0. The van der Waals surface area contributed by atoms with Crippen LogP contribution in [0.4, 0.5) is 0 Å². The lowest BCUT2D eigenvalue weighted by Crippen LogP contribution is -0.382. The van der Waals surface area contributed by atoms with Crippen molar-refractivity contribution in [3.05, 3.63) is 0 Å². The van der Waals surface area contributed by atoms with Gasteiger partial charge in [-0.2, -0.15) is 0 Å². The van der Waals surface area contributed by atoms with Gasteiger partial charge < -0.3 is 0 Å². The van der Waals surface area contributed by atoms with E-state index in [-0.39, 0.29) is 42.6 Å². The summed E-state index contributed by atoms with van der Waals surface area (Å²) in [5, 5.41) is 0. The van der Waals surface area contributed by atoms with E-state index >= 15 is 0 Å². The number of rotatable bonds is 0. The van der Waals surface area contributed by atoms with Gasteiger partial charge >= 0.3 is 0 Å². The van der Waals surface area contributed by atoms with Gasteiger partial charge in [0.25, 0.3) is 0 Å². The molecule has 0 saturated carbocycles. The molecular formula is H12AlB3-3. The smallest absolute Gasteiger partial charge is 0 e. The highest BCUT2D eigenvalue weighted by Gasteiger charge is 0.0000495. The molecule has 0 heterocycles. The highest BCUT2D eigenvalue weighted by Crippen LogP contribution is -0.378. The molecule has 0 atom stereocenters. The highest BCUT2D eigenvalue weighted by atomic mass is 27.0. The second-order valence-electron chi connectivity index (χ2n) is 0. The third-order valence-electron chi connectivity index (χ3n) is 0. The SMILES string of the molecule is [Al].[BH4-].[BH4-].[BH4-]. The summed E-state index contributed by atoms with van der Waals surface area (Å²) in [5.41, 5.74) is 0. The van der Waals surface area contributed by atoms with Crippen LogP contribution in [0.1, 0.15) is 0 Å². The van der Waals surface area contributed by atoms with Crippen LogP contribution in [0.25, 0.3) is 0 Å². The monoisotopic (exact) mass is 72.1 g/mol. The van der Waals surface area contributed by atoms with Crippen molar-refractivity contribution in [1.29, 1.82) is 0 Å². The largest absolute Gasteiger partial charge is 0.0626 e. The number of hydrogen-bond acceptors (Lipinski definition) is 0. The fraction of sp³-hybridized carbons (Fsp3) is 0. The van der Waals surface area contributed by atoms with Gasteiger partial charge in [0.1, 0.15) is 0 Å². The summed E-state index contributed by atoms with van der Waals surface area (Å²) in [6.07, 6.45) is 0. The van der Waals surface area contributed by atoms with Crippen LogP contribution in [0.2, 0.25) is 0 Å². The average molecular weight is 71.5 g/mol. The molecule has 0 bridgehead atoms. The molecule has 0 amide bonds. The Morgan fingerprint density at radius 1 is 0.500 bits per heavy atom. The third-order valence-corrected chi connectivity index (χ3v) is 0. The van der Waals surface area contributed by atoms with Crippen LogP contribution >= 0.6 is 0 Å². The summed E-state index contributed by atoms with van der Waals surface area (Å²) in [6.45, 7) is 0. The summed E-state index contributed by atoms with van der Waals surface area (Å²) in [4.78, 5) is 0. The molecular weight excluding hydrogens is 59.4 g/mol. The van der Waals surface area contributed by atoms with Gasteiger partial charge in [-0.3, -0.25) is 0 Å². The van der Waals surface area contributed by atoms with Crippen molar-refractivity contribution >= 4 is 42.6 Å². The first-order valence-electron chi connectivity index (χ1n) is 0. The number of hydrogen-bond donors (Lipinski definition) is 0. The Bertz CT molecular complexity index is 3.25. The van der Waals surface area contributed by atoms with Crippen LogP contribution in [-0.4, -0.2) is 42.6 Å². The van der Waals surface area contributed by atoms with E-state index in [0.717, 1.165) is 0 Å². The van der Waals surface area contributed by atoms with E-state index in [0.29, 0.717) is 0 Å². The minimum atomic E-state index is 0. The lowest BCUT2D eigenvalue weighted by molar-refractivity contribution is 5.75. The van der Waals surface area contributed by atoms with Crippen molar-refractivity contribution in [3.8, 4) is 0 Å². The fourth-order valence-corrected chi connectivity index (χ4v) is 0. The molecule has 0 aromatic rings. The van der Waals surface area contributed by atoms with Crippen molar-refractivity contribution in [1.82, 2.24) is 0 Å². The molecule has 0 unspecified atom stereocenters. The normalized spacial score (nSPS) is 0. The van der Waals surface area contributed by atoms with Gasteiger partial charge in [0.2, 0.25) is 0 Å². The summed E-state index contributed by atoms with van der Waals surface area (Å²) >= 11 is 0. The molecule has 0 saturated heterocycles. The van der Waals surface area contributed by atoms with E-state index in [1.54, 1.807) is 0 Å². The molecule has 0 aliphatic carbocycles. The maximum atomic E-state index is 0. The summed E-state index contributed by atoms with van der Waals surface area (Å²) in [6, 6.07) is 0. The van der Waals surface area contributed by atoms with Crippen molar-refractivity contribution in [2.75, 3.05) is 0 Å². The molecule has 3 radical (unpaired) electrons. The van der Waals surface area contributed by atoms with Crippen LogP contribution in [0, 0.1) is 0 Å². The Morgan fingerprint density at radius 3 is 0.500 bits per heavy atom. The second-order valence-corrected chi connectivity index (χ2v) is 0. The molecule has 4 heteroatoms. The van der Waals surface area contributed by atoms with Gasteiger partial charge in [-0.15, -0.1) is 0 Å². The molecule has 0 aromatic heterocycles. The predicted molar refractivity (Wildman–Crippen MR) is 39.8 cm³/mol. The van der Waals surface area contributed by atoms with Crippen molar-refractivity contribution in [3.63, 3.8) is 0 Å². The van der Waals surface area contributed by atoms with Crippen molar-refractivity contribution in [2.45, 2.75) is 0 Å². The molecule has 0 nitrogen and oxygen atoms in total. The lowest BCUT2D eigenvalue weighted by atomic mass is 10.8. The molecule has 0 aromatic carbocycles. The average Bonchev–Trinajstić information content (AvgIpc) is 0. The molecule has 0 fully saturated rings. The predicted octanol–water partition coefficient (Wildman–Crippen LogP) is -4.74. The van der Waals surface area contributed by atoms with Crippen molar-refractivity contribution < 1.29 is 0 Å². The zero-order valence-electron chi connectivity index (χ0n) is 0.577. The van der Waals surface area contributed by atoms with Crippen LogP contribution in [0.15, 0.2) is 0 Å². The lowest BCUT2D eigenvalue weighted by Gasteiger charge is -0.0636. The van der Waals surface area contributed by atoms with Crippen LogP contribution < -0.4 is 0 Å². The minimum Gasteiger partial charge on any atom is -0.0626 e. The van der Waals surface area contributed by atoms with Crippen LogP contribution in [-0.2, 0) is 0 Å². The summed E-state index contributed by atoms with van der Waals surface area (Å²) in [5.74, 6) is 0. The Balaban J connectivity index is 0. The Hall–Kier alpha value is 0.727. The maximum absolute atomic E-state index is 0. The van der Waals surface area contributed by atoms with Crippen LogP contribution in [0.5, 0.6) is 0 Å². The zero-order chi connectivity index (χ0) is 0. The Labute approximate surface area is 43.2 Å². The van der Waals surface area contributed by atoms with E-state index < -0.39 is 0 Å². The first-order chi connectivity index (χ1) is 0. The highest BCUT2D eigenvalue weighted by molar-refractivity contribution is 5.76. The molecule has 0 rings (SSSR count). The van der Waals surface area contributed by atoms with Gasteiger partial charge in [0.05, 0.1) is 0 Å². The molecule has 0 aliphatic heterocycles. The van der Waals surface area contributed by atoms with Gasteiger partial charge in [0, 0.05) is 17.4 Å². The first-order valence-corrected chi connectivity index (χ1v) is 0.